The summed E-state index contributed by atoms with van der Waals surface area (Å²) in [4.78, 5) is 28.1. The largest absolute Gasteiger partial charge is 0.450 e. The molecule has 8 heteroatoms. The van der Waals surface area contributed by atoms with Gasteiger partial charge in [0.05, 0.1) is 18.7 Å². The molecule has 0 bridgehead atoms. The average Bonchev–Trinajstić information content (AvgIpc) is 3.04. The predicted molar refractivity (Wildman–Crippen MR) is 106 cm³/mol. The van der Waals surface area contributed by atoms with Gasteiger partial charge in [0.25, 0.3) is 5.91 Å². The molecule has 1 N–H and O–H groups in total. The van der Waals surface area contributed by atoms with Gasteiger partial charge in [-0.25, -0.2) is 4.79 Å². The summed E-state index contributed by atoms with van der Waals surface area (Å²) in [6.07, 6.45) is 2.20. The van der Waals surface area contributed by atoms with Gasteiger partial charge in [-0.3, -0.25) is 4.79 Å². The quantitative estimate of drug-likeness (QED) is 0.780. The molecule has 0 spiro atoms. The lowest BCUT2D eigenvalue weighted by Gasteiger charge is -2.25. The van der Waals surface area contributed by atoms with Gasteiger partial charge in [0.1, 0.15) is 11.1 Å². The van der Waals surface area contributed by atoms with Gasteiger partial charge in [-0.15, -0.1) is 23.1 Å². The van der Waals surface area contributed by atoms with Crippen LogP contribution in [0.4, 0.5) is 9.80 Å². The second kappa shape index (κ2) is 8.46. The smallest absolute Gasteiger partial charge is 0.410 e. The predicted octanol–water partition coefficient (Wildman–Crippen LogP) is 4.11. The molecule has 0 saturated carbocycles. The Morgan fingerprint density at radius 3 is 2.74 bits per heavy atom. The lowest BCUT2D eigenvalue weighted by molar-refractivity contribution is 0.102. The molecule has 0 atom stereocenters. The van der Waals surface area contributed by atoms with E-state index < -0.39 is 0 Å². The van der Waals surface area contributed by atoms with Crippen molar-refractivity contribution >= 4 is 40.1 Å². The number of benzene rings is 1. The molecule has 0 aliphatic carbocycles. The van der Waals surface area contributed by atoms with Gasteiger partial charge in [0.15, 0.2) is 0 Å². The Bertz CT molecular complexity index is 900. The van der Waals surface area contributed by atoms with Gasteiger partial charge in [0, 0.05) is 21.9 Å². The minimum absolute atomic E-state index is 0.250. The first kappa shape index (κ1) is 19.3. The van der Waals surface area contributed by atoms with E-state index in [1.807, 2.05) is 18.4 Å². The van der Waals surface area contributed by atoms with Crippen molar-refractivity contribution in [3.05, 3.63) is 45.8 Å². The highest BCUT2D eigenvalue weighted by Gasteiger charge is 2.28. The van der Waals surface area contributed by atoms with Crippen LogP contribution in [0.25, 0.3) is 0 Å². The van der Waals surface area contributed by atoms with Crippen LogP contribution < -0.4 is 5.32 Å². The van der Waals surface area contributed by atoms with E-state index in [0.29, 0.717) is 42.2 Å². The van der Waals surface area contributed by atoms with Gasteiger partial charge >= 0.3 is 6.09 Å². The number of ether oxygens (including phenoxy) is 1. The van der Waals surface area contributed by atoms with Gasteiger partial charge in [0.2, 0.25) is 0 Å². The first-order valence-corrected chi connectivity index (χ1v) is 10.5. The SMILES string of the molecule is CCOC(=O)N1CCc2c(sc(NC(=O)c3ccc(SC)cc3)c2C#N)C1. The van der Waals surface area contributed by atoms with Crippen molar-refractivity contribution < 1.29 is 14.3 Å². The first-order chi connectivity index (χ1) is 13.1. The maximum absolute atomic E-state index is 12.5. The molecule has 0 fully saturated rings. The van der Waals surface area contributed by atoms with Crippen LogP contribution in [0.5, 0.6) is 0 Å². The van der Waals surface area contributed by atoms with E-state index in [2.05, 4.69) is 11.4 Å². The average molecular weight is 402 g/mol. The molecule has 2 aromatic rings. The third-order valence-corrected chi connectivity index (χ3v) is 6.15. The lowest BCUT2D eigenvalue weighted by Crippen LogP contribution is -2.35. The Labute approximate surface area is 166 Å². The third kappa shape index (κ3) is 4.10. The summed E-state index contributed by atoms with van der Waals surface area (Å²) in [7, 11) is 0. The molecule has 0 radical (unpaired) electrons. The van der Waals surface area contributed by atoms with E-state index in [1.165, 1.54) is 11.3 Å². The normalized spacial score (nSPS) is 12.9. The molecule has 2 amide bonds. The summed E-state index contributed by atoms with van der Waals surface area (Å²) in [5.74, 6) is -0.250. The van der Waals surface area contributed by atoms with Crippen LogP contribution in [-0.2, 0) is 17.7 Å². The number of nitrogens with one attached hydrogen (secondary N) is 1. The van der Waals surface area contributed by atoms with Crippen molar-refractivity contribution in [2.24, 2.45) is 0 Å². The molecule has 0 saturated heterocycles. The number of hydrogen-bond acceptors (Lipinski definition) is 6. The summed E-state index contributed by atoms with van der Waals surface area (Å²) in [5.41, 5.74) is 1.94. The van der Waals surface area contributed by atoms with Crippen molar-refractivity contribution in [2.45, 2.75) is 24.8 Å². The number of fused-ring (bicyclic) bond motifs is 1. The van der Waals surface area contributed by atoms with Crippen LogP contribution in [0, 0.1) is 11.3 Å². The van der Waals surface area contributed by atoms with Crippen LogP contribution in [0.3, 0.4) is 0 Å². The molecule has 27 heavy (non-hydrogen) atoms. The molecule has 6 nitrogen and oxygen atoms in total. The summed E-state index contributed by atoms with van der Waals surface area (Å²) in [6, 6.07) is 9.52. The third-order valence-electron chi connectivity index (χ3n) is 4.27. The zero-order valence-electron chi connectivity index (χ0n) is 15.1. The minimum atomic E-state index is -0.352. The number of rotatable bonds is 4. The first-order valence-electron chi connectivity index (χ1n) is 8.49. The number of nitrogens with zero attached hydrogens (tertiary/aromatic N) is 2. The Hall–Kier alpha value is -2.50. The van der Waals surface area contributed by atoms with Crippen molar-refractivity contribution in [3.63, 3.8) is 0 Å². The minimum Gasteiger partial charge on any atom is -0.450 e. The fourth-order valence-corrected chi connectivity index (χ4v) is 4.52. The number of amides is 2. The molecular formula is C19H19N3O3S2. The molecule has 1 aromatic heterocycles. The van der Waals surface area contributed by atoms with Gasteiger partial charge in [-0.05, 0) is 49.4 Å². The van der Waals surface area contributed by atoms with Gasteiger partial charge < -0.3 is 15.0 Å². The summed E-state index contributed by atoms with van der Waals surface area (Å²) in [5, 5.41) is 13.0. The van der Waals surface area contributed by atoms with E-state index in [1.54, 1.807) is 35.7 Å². The number of hydrogen-bond donors (Lipinski definition) is 1. The molecule has 3 rings (SSSR count). The molecule has 1 aliphatic rings. The highest BCUT2D eigenvalue weighted by molar-refractivity contribution is 7.98. The number of carbonyl (C=O) groups is 2. The zero-order valence-corrected chi connectivity index (χ0v) is 16.7. The molecule has 140 valence electrons. The van der Waals surface area contributed by atoms with E-state index in [4.69, 9.17) is 4.74 Å². The molecular weight excluding hydrogens is 382 g/mol. The number of thioether (sulfide) groups is 1. The van der Waals surface area contributed by atoms with E-state index in [9.17, 15) is 14.9 Å². The van der Waals surface area contributed by atoms with Crippen LogP contribution in [-0.4, -0.2) is 36.3 Å². The highest BCUT2D eigenvalue weighted by Crippen LogP contribution is 2.37. The molecule has 2 heterocycles. The second-order valence-corrected chi connectivity index (χ2v) is 7.86. The number of thiophene rings is 1. The zero-order chi connectivity index (χ0) is 19.4. The Morgan fingerprint density at radius 2 is 2.11 bits per heavy atom. The monoisotopic (exact) mass is 401 g/mol. The Balaban J connectivity index is 1.80. The summed E-state index contributed by atoms with van der Waals surface area (Å²) < 4.78 is 5.06. The number of nitriles is 1. The number of carbonyl (C=O) groups excluding carboxylic acids is 2. The van der Waals surface area contributed by atoms with Crippen LogP contribution in [0.15, 0.2) is 29.2 Å². The van der Waals surface area contributed by atoms with Gasteiger partial charge in [-0.2, -0.15) is 5.26 Å². The van der Waals surface area contributed by atoms with Crippen LogP contribution >= 0.6 is 23.1 Å². The van der Waals surface area contributed by atoms with Crippen LogP contribution in [0.1, 0.15) is 33.3 Å². The topological polar surface area (TPSA) is 82.4 Å². The van der Waals surface area contributed by atoms with Crippen molar-refractivity contribution in [1.29, 1.82) is 5.26 Å². The second-order valence-electron chi connectivity index (χ2n) is 5.87. The van der Waals surface area contributed by atoms with E-state index in [-0.39, 0.29) is 12.0 Å². The Morgan fingerprint density at radius 1 is 1.37 bits per heavy atom. The molecule has 0 unspecified atom stereocenters. The van der Waals surface area contributed by atoms with Crippen molar-refractivity contribution in [2.75, 3.05) is 24.7 Å². The molecule has 1 aliphatic heterocycles. The lowest BCUT2D eigenvalue weighted by atomic mass is 10.0. The summed E-state index contributed by atoms with van der Waals surface area (Å²) >= 11 is 2.96. The van der Waals surface area contributed by atoms with Crippen molar-refractivity contribution in [1.82, 2.24) is 4.90 Å². The maximum atomic E-state index is 12.5. The van der Waals surface area contributed by atoms with Crippen LogP contribution in [0.2, 0.25) is 0 Å². The van der Waals surface area contributed by atoms with Crippen molar-refractivity contribution in [3.8, 4) is 6.07 Å². The highest BCUT2D eigenvalue weighted by atomic mass is 32.2. The maximum Gasteiger partial charge on any atom is 0.410 e. The fraction of sp³-hybridized carbons (Fsp3) is 0.316. The van der Waals surface area contributed by atoms with E-state index >= 15 is 0 Å². The fourth-order valence-electron chi connectivity index (χ4n) is 2.90. The van der Waals surface area contributed by atoms with E-state index in [0.717, 1.165) is 15.3 Å². The Kier molecular flexibility index (Phi) is 6.04. The standard InChI is InChI=1S/C19H19N3O3S2/c1-3-25-19(24)22-9-8-14-15(10-20)18(27-16(14)11-22)21-17(23)12-4-6-13(26-2)7-5-12/h4-7H,3,8-9,11H2,1-2H3,(H,21,23). The van der Waals surface area contributed by atoms with Gasteiger partial charge in [-0.1, -0.05) is 0 Å². The number of anilines is 1. The summed E-state index contributed by atoms with van der Waals surface area (Å²) in [6.45, 7) is 2.99. The molecule has 1 aromatic carbocycles.